The van der Waals surface area contributed by atoms with Crippen molar-refractivity contribution in [1.29, 1.82) is 0 Å². The number of nitrogens with one attached hydrogen (secondary N) is 1. The molecule has 0 aromatic heterocycles. The highest BCUT2D eigenvalue weighted by Gasteiger charge is 2.24. The summed E-state index contributed by atoms with van der Waals surface area (Å²) in [5, 5.41) is 12.8. The molecule has 0 radical (unpaired) electrons. The molecule has 0 heterocycles. The van der Waals surface area contributed by atoms with Gasteiger partial charge < -0.3 is 10.4 Å². The Kier molecular flexibility index (Phi) is 6.08. The van der Waals surface area contributed by atoms with Gasteiger partial charge in [0.05, 0.1) is 21.9 Å². The fourth-order valence-corrected chi connectivity index (χ4v) is 4.17. The molecule has 2 N–H and O–H groups in total. The van der Waals surface area contributed by atoms with Crippen LogP contribution in [0.5, 0.6) is 0 Å². The lowest BCUT2D eigenvalue weighted by Gasteiger charge is -2.15. The van der Waals surface area contributed by atoms with Crippen LogP contribution in [0, 0.1) is 0 Å². The lowest BCUT2D eigenvalue weighted by molar-refractivity contribution is 0.190. The first-order chi connectivity index (χ1) is 8.74. The molecule has 1 aromatic rings. The summed E-state index contributed by atoms with van der Waals surface area (Å²) in [7, 11) is -3.72. The smallest absolute Gasteiger partial charge is 0.183 e. The second kappa shape index (κ2) is 6.90. The molecule has 0 spiro atoms. The van der Waals surface area contributed by atoms with Crippen LogP contribution in [0.2, 0.25) is 10.0 Å². The Morgan fingerprint density at radius 2 is 1.79 bits per heavy atom. The van der Waals surface area contributed by atoms with Crippen LogP contribution in [0.15, 0.2) is 23.1 Å². The van der Waals surface area contributed by atoms with Gasteiger partial charge in [-0.05, 0) is 12.1 Å². The number of rotatable bonds is 6. The van der Waals surface area contributed by atoms with E-state index in [-0.39, 0.29) is 27.5 Å². The minimum atomic E-state index is -3.72. The van der Waals surface area contributed by atoms with E-state index >= 15 is 0 Å². The molecule has 0 aliphatic carbocycles. The molecule has 0 fully saturated rings. The van der Waals surface area contributed by atoms with Gasteiger partial charge in [-0.2, -0.15) is 0 Å². The molecule has 7 heteroatoms. The zero-order chi connectivity index (χ0) is 14.6. The summed E-state index contributed by atoms with van der Waals surface area (Å²) in [6.45, 7) is 4.01. The Bertz CT molecular complexity index is 512. The molecule has 1 aromatic carbocycles. The first-order valence-corrected chi connectivity index (χ1v) is 8.23. The van der Waals surface area contributed by atoms with Gasteiger partial charge >= 0.3 is 0 Å². The fraction of sp³-hybridized carbons (Fsp3) is 0.500. The van der Waals surface area contributed by atoms with Crippen LogP contribution in [-0.2, 0) is 9.84 Å². The lowest BCUT2D eigenvalue weighted by atomic mass is 10.3. The van der Waals surface area contributed by atoms with Gasteiger partial charge in [0.15, 0.2) is 9.84 Å². The van der Waals surface area contributed by atoms with Crippen molar-refractivity contribution < 1.29 is 13.5 Å². The molecule has 0 amide bonds. The topological polar surface area (TPSA) is 66.4 Å². The van der Waals surface area contributed by atoms with Crippen molar-refractivity contribution in [3.63, 3.8) is 0 Å². The molecule has 1 unspecified atom stereocenters. The van der Waals surface area contributed by atoms with E-state index in [0.29, 0.717) is 0 Å². The van der Waals surface area contributed by atoms with E-state index in [9.17, 15) is 13.5 Å². The SMILES string of the molecule is CC(C)NCC(O)CS(=O)(=O)c1c(Cl)cccc1Cl. The van der Waals surface area contributed by atoms with E-state index in [2.05, 4.69) is 5.32 Å². The predicted molar refractivity (Wildman–Crippen MR) is 77.7 cm³/mol. The minimum absolute atomic E-state index is 0.0662. The Morgan fingerprint density at radius 3 is 2.26 bits per heavy atom. The minimum Gasteiger partial charge on any atom is -0.391 e. The molecular weight excluding hydrogens is 309 g/mol. The fourth-order valence-electron chi connectivity index (χ4n) is 1.55. The van der Waals surface area contributed by atoms with Gasteiger partial charge in [0, 0.05) is 12.6 Å². The van der Waals surface area contributed by atoms with Crippen molar-refractivity contribution in [3.8, 4) is 0 Å². The Hall–Kier alpha value is -0.330. The third-order valence-corrected chi connectivity index (χ3v) is 5.14. The Morgan fingerprint density at radius 1 is 1.26 bits per heavy atom. The second-order valence-electron chi connectivity index (χ2n) is 4.55. The van der Waals surface area contributed by atoms with Gasteiger partial charge in [-0.15, -0.1) is 0 Å². The highest BCUT2D eigenvalue weighted by molar-refractivity contribution is 7.91. The van der Waals surface area contributed by atoms with E-state index in [4.69, 9.17) is 23.2 Å². The summed E-state index contributed by atoms with van der Waals surface area (Å²) < 4.78 is 24.3. The van der Waals surface area contributed by atoms with E-state index < -0.39 is 21.7 Å². The molecule has 0 saturated carbocycles. The standard InChI is InChI=1S/C12H17Cl2NO3S/c1-8(2)15-6-9(16)7-19(17,18)12-10(13)4-3-5-11(12)14/h3-5,8-9,15-16H,6-7H2,1-2H3. The number of hydrogen-bond donors (Lipinski definition) is 2. The van der Waals surface area contributed by atoms with Crippen LogP contribution in [0.4, 0.5) is 0 Å². The highest BCUT2D eigenvalue weighted by atomic mass is 35.5. The first kappa shape index (κ1) is 16.7. The van der Waals surface area contributed by atoms with Gasteiger partial charge in [0.2, 0.25) is 0 Å². The monoisotopic (exact) mass is 325 g/mol. The van der Waals surface area contributed by atoms with Crippen molar-refractivity contribution in [3.05, 3.63) is 28.2 Å². The quantitative estimate of drug-likeness (QED) is 0.840. The summed E-state index contributed by atoms with van der Waals surface area (Å²) in [6.07, 6.45) is -1.01. The molecular formula is C12H17Cl2NO3S. The number of hydrogen-bond acceptors (Lipinski definition) is 4. The molecule has 1 atom stereocenters. The maximum atomic E-state index is 12.2. The van der Waals surface area contributed by atoms with Crippen LogP contribution >= 0.6 is 23.2 Å². The maximum Gasteiger partial charge on any atom is 0.183 e. The van der Waals surface area contributed by atoms with Gasteiger partial charge in [-0.25, -0.2) is 8.42 Å². The third kappa shape index (κ3) is 4.93. The number of aliphatic hydroxyl groups is 1. The third-order valence-electron chi connectivity index (χ3n) is 2.40. The Balaban J connectivity index is 2.87. The van der Waals surface area contributed by atoms with Gasteiger partial charge in [0.1, 0.15) is 4.90 Å². The lowest BCUT2D eigenvalue weighted by Crippen LogP contribution is -2.36. The van der Waals surface area contributed by atoms with Crippen molar-refractivity contribution in [2.24, 2.45) is 0 Å². The van der Waals surface area contributed by atoms with Crippen LogP contribution in [0.1, 0.15) is 13.8 Å². The summed E-state index contributed by atoms with van der Waals surface area (Å²) in [6, 6.07) is 4.65. The molecule has 0 saturated heterocycles. The average molecular weight is 326 g/mol. The summed E-state index contributed by atoms with van der Waals surface area (Å²) >= 11 is 11.7. The van der Waals surface area contributed by atoms with Crippen LogP contribution in [-0.4, -0.2) is 38.0 Å². The van der Waals surface area contributed by atoms with Gasteiger partial charge in [-0.1, -0.05) is 43.1 Å². The first-order valence-electron chi connectivity index (χ1n) is 5.82. The number of aliphatic hydroxyl groups excluding tert-OH is 1. The van der Waals surface area contributed by atoms with Crippen LogP contribution in [0.3, 0.4) is 0 Å². The Labute approximate surface area is 123 Å². The van der Waals surface area contributed by atoms with E-state index in [1.54, 1.807) is 6.07 Å². The molecule has 0 bridgehead atoms. The van der Waals surface area contributed by atoms with E-state index in [1.165, 1.54) is 12.1 Å². The van der Waals surface area contributed by atoms with Crippen molar-refractivity contribution >= 4 is 33.0 Å². The molecule has 1 rings (SSSR count). The normalized spacial score (nSPS) is 13.8. The van der Waals surface area contributed by atoms with Crippen molar-refractivity contribution in [2.45, 2.75) is 30.9 Å². The largest absolute Gasteiger partial charge is 0.391 e. The number of halogens is 2. The maximum absolute atomic E-state index is 12.2. The molecule has 0 aliphatic heterocycles. The molecule has 19 heavy (non-hydrogen) atoms. The zero-order valence-corrected chi connectivity index (χ0v) is 13.1. The number of sulfone groups is 1. The van der Waals surface area contributed by atoms with E-state index in [1.807, 2.05) is 13.8 Å². The molecule has 0 aliphatic rings. The van der Waals surface area contributed by atoms with Gasteiger partial charge in [-0.3, -0.25) is 0 Å². The highest BCUT2D eigenvalue weighted by Crippen LogP contribution is 2.30. The van der Waals surface area contributed by atoms with Crippen LogP contribution in [0.25, 0.3) is 0 Å². The molecule has 108 valence electrons. The van der Waals surface area contributed by atoms with Gasteiger partial charge in [0.25, 0.3) is 0 Å². The summed E-state index contributed by atoms with van der Waals surface area (Å²) in [4.78, 5) is -0.123. The van der Waals surface area contributed by atoms with Crippen molar-refractivity contribution in [2.75, 3.05) is 12.3 Å². The number of benzene rings is 1. The second-order valence-corrected chi connectivity index (χ2v) is 7.33. The zero-order valence-electron chi connectivity index (χ0n) is 10.7. The van der Waals surface area contributed by atoms with Crippen LogP contribution < -0.4 is 5.32 Å². The predicted octanol–water partition coefficient (Wildman–Crippen LogP) is 2.13. The average Bonchev–Trinajstić information content (AvgIpc) is 2.25. The van der Waals surface area contributed by atoms with Crippen molar-refractivity contribution in [1.82, 2.24) is 5.32 Å². The van der Waals surface area contributed by atoms with E-state index in [0.717, 1.165) is 0 Å². The molecule has 4 nitrogen and oxygen atoms in total. The summed E-state index contributed by atoms with van der Waals surface area (Å²) in [5.41, 5.74) is 0. The summed E-state index contributed by atoms with van der Waals surface area (Å²) in [5.74, 6) is -0.420.